The van der Waals surface area contributed by atoms with Crippen LogP contribution in [-0.2, 0) is 0 Å². The smallest absolute Gasteiger partial charge is 0.169 e. The maximum atomic E-state index is 8.95. The van der Waals surface area contributed by atoms with Gasteiger partial charge in [-0.2, -0.15) is 5.10 Å². The third-order valence-corrected chi connectivity index (χ3v) is 2.47. The largest absolute Gasteiger partial charge is 0.488 e. The highest BCUT2D eigenvalue weighted by atomic mass is 32.1. The number of nitrogens with zero attached hydrogens (tertiary/aromatic N) is 1. The van der Waals surface area contributed by atoms with Gasteiger partial charge in [-0.3, -0.25) is 5.10 Å². The number of fused-ring (bicyclic) bond motifs is 1. The van der Waals surface area contributed by atoms with Crippen molar-refractivity contribution in [2.24, 2.45) is 5.73 Å². The second kappa shape index (κ2) is 5.19. The van der Waals surface area contributed by atoms with Crippen LogP contribution < -0.4 is 15.8 Å². The van der Waals surface area contributed by atoms with Crippen LogP contribution in [0.15, 0.2) is 18.2 Å². The monoisotopic (exact) mass is 266 g/mol. The van der Waals surface area contributed by atoms with E-state index in [1.54, 1.807) is 13.0 Å². The molecule has 0 aliphatic carbocycles. The van der Waals surface area contributed by atoms with Gasteiger partial charge in [0.1, 0.15) is 11.9 Å². The fraction of sp³-hybridized carbons (Fsp3) is 0.273. The van der Waals surface area contributed by atoms with E-state index in [4.69, 9.17) is 27.8 Å². The lowest BCUT2D eigenvalue weighted by atomic mass is 10.2. The van der Waals surface area contributed by atoms with Crippen LogP contribution in [0, 0.1) is 0 Å². The van der Waals surface area contributed by atoms with Crippen molar-refractivity contribution in [3.63, 3.8) is 0 Å². The van der Waals surface area contributed by atoms with Crippen LogP contribution in [0.1, 0.15) is 6.92 Å². The molecule has 1 heterocycles. The number of benzene rings is 1. The van der Waals surface area contributed by atoms with E-state index in [1.807, 2.05) is 12.1 Å². The second-order valence-electron chi connectivity index (χ2n) is 3.88. The number of H-pyrrole nitrogens is 1. The van der Waals surface area contributed by atoms with Gasteiger partial charge in [-0.25, -0.2) is 0 Å². The normalized spacial score (nSPS) is 12.3. The Hall–Kier alpha value is -1.86. The molecule has 1 unspecified atom stereocenters. The molecule has 0 aliphatic rings. The number of hydrogen-bond acceptors (Lipinski definition) is 4. The molecule has 5 N–H and O–H groups in total. The molecule has 18 heavy (non-hydrogen) atoms. The molecule has 1 aromatic carbocycles. The first-order valence-electron chi connectivity index (χ1n) is 5.42. The van der Waals surface area contributed by atoms with Crippen molar-refractivity contribution in [1.29, 1.82) is 0 Å². The third kappa shape index (κ3) is 2.69. The Labute approximate surface area is 109 Å². The Morgan fingerprint density at radius 3 is 3.11 bits per heavy atom. The zero-order chi connectivity index (χ0) is 13.1. The van der Waals surface area contributed by atoms with Gasteiger partial charge in [0.05, 0.1) is 12.1 Å². The van der Waals surface area contributed by atoms with Crippen LogP contribution in [0.2, 0.25) is 0 Å². The van der Waals surface area contributed by atoms with Crippen molar-refractivity contribution in [3.05, 3.63) is 18.2 Å². The van der Waals surface area contributed by atoms with Crippen LogP contribution in [-0.4, -0.2) is 33.1 Å². The Bertz CT molecular complexity index is 569. The van der Waals surface area contributed by atoms with Crippen molar-refractivity contribution in [2.75, 3.05) is 11.9 Å². The predicted molar refractivity (Wildman–Crippen MR) is 73.7 cm³/mol. The lowest BCUT2D eigenvalue weighted by Crippen LogP contribution is -2.19. The molecular formula is C11H14N4O2S. The van der Waals surface area contributed by atoms with Crippen LogP contribution in [0.3, 0.4) is 0 Å². The van der Waals surface area contributed by atoms with E-state index < -0.39 is 0 Å². The van der Waals surface area contributed by atoms with Gasteiger partial charge in [0.15, 0.2) is 10.9 Å². The summed E-state index contributed by atoms with van der Waals surface area (Å²) in [6.45, 7) is 1.75. The number of thiocarbonyl (C=S) groups is 1. The second-order valence-corrected chi connectivity index (χ2v) is 4.32. The number of anilines is 1. The minimum absolute atomic E-state index is 0.0403. The molecule has 0 spiro atoms. The van der Waals surface area contributed by atoms with E-state index in [1.165, 1.54) is 0 Å². The fourth-order valence-electron chi connectivity index (χ4n) is 1.55. The van der Waals surface area contributed by atoms with Gasteiger partial charge < -0.3 is 20.9 Å². The minimum atomic E-state index is -0.263. The van der Waals surface area contributed by atoms with Crippen molar-refractivity contribution < 1.29 is 9.84 Å². The van der Waals surface area contributed by atoms with E-state index in [0.29, 0.717) is 11.6 Å². The van der Waals surface area contributed by atoms with Gasteiger partial charge >= 0.3 is 0 Å². The lowest BCUT2D eigenvalue weighted by molar-refractivity contribution is 0.130. The summed E-state index contributed by atoms with van der Waals surface area (Å²) in [6.07, 6.45) is -0.263. The Kier molecular flexibility index (Phi) is 3.63. The number of nitrogens with two attached hydrogens (primary N) is 1. The highest BCUT2D eigenvalue weighted by molar-refractivity contribution is 7.80. The van der Waals surface area contributed by atoms with E-state index >= 15 is 0 Å². The molecule has 6 nitrogen and oxygen atoms in total. The third-order valence-electron chi connectivity index (χ3n) is 2.37. The maximum Gasteiger partial charge on any atom is 0.169 e. The molecule has 96 valence electrons. The Balaban J connectivity index is 2.33. The fourth-order valence-corrected chi connectivity index (χ4v) is 1.64. The molecule has 1 atom stereocenters. The summed E-state index contributed by atoms with van der Waals surface area (Å²) in [7, 11) is 0. The zero-order valence-electron chi connectivity index (χ0n) is 9.80. The summed E-state index contributed by atoms with van der Waals surface area (Å²) in [5.41, 5.74) is 6.26. The number of hydrogen-bond donors (Lipinski definition) is 4. The summed E-state index contributed by atoms with van der Waals surface area (Å²) in [6, 6.07) is 5.45. The standard InChI is InChI=1S/C11H14N4O2S/c1-6(5-16)17-7-2-3-9-8(4-7)10(15-14-9)13-11(12)18/h2-4,6,16H,5H2,1H3,(H4,12,13,14,15,18). The number of aromatic nitrogens is 2. The molecule has 0 saturated carbocycles. The van der Waals surface area contributed by atoms with Crippen LogP contribution >= 0.6 is 12.2 Å². The molecule has 0 saturated heterocycles. The van der Waals surface area contributed by atoms with Crippen LogP contribution in [0.4, 0.5) is 5.82 Å². The summed E-state index contributed by atoms with van der Waals surface area (Å²) < 4.78 is 5.52. The topological polar surface area (TPSA) is 96.2 Å². The van der Waals surface area contributed by atoms with Crippen LogP contribution in [0.5, 0.6) is 5.75 Å². The predicted octanol–water partition coefficient (Wildman–Crippen LogP) is 0.978. The molecule has 0 aliphatic heterocycles. The maximum absolute atomic E-state index is 8.95. The molecule has 0 radical (unpaired) electrons. The average molecular weight is 266 g/mol. The molecule has 2 aromatic rings. The quantitative estimate of drug-likeness (QED) is 0.616. The number of aliphatic hydroxyl groups excluding tert-OH is 1. The van der Waals surface area contributed by atoms with Gasteiger partial charge in [-0.15, -0.1) is 0 Å². The van der Waals surface area contributed by atoms with Crippen molar-refractivity contribution in [2.45, 2.75) is 13.0 Å². The summed E-state index contributed by atoms with van der Waals surface area (Å²) >= 11 is 4.78. The first-order valence-corrected chi connectivity index (χ1v) is 5.83. The van der Waals surface area contributed by atoms with Gasteiger partial charge in [-0.05, 0) is 37.3 Å². The summed E-state index contributed by atoms with van der Waals surface area (Å²) in [4.78, 5) is 0. The number of aliphatic hydroxyl groups is 1. The van der Waals surface area contributed by atoms with E-state index in [-0.39, 0.29) is 17.8 Å². The summed E-state index contributed by atoms with van der Waals surface area (Å²) in [5.74, 6) is 1.20. The number of ether oxygens (including phenoxy) is 1. The van der Waals surface area contributed by atoms with Crippen molar-refractivity contribution >= 4 is 34.1 Å². The molecule has 2 rings (SSSR count). The van der Waals surface area contributed by atoms with Gasteiger partial charge in [0, 0.05) is 5.39 Å². The Morgan fingerprint density at radius 1 is 1.67 bits per heavy atom. The van der Waals surface area contributed by atoms with Crippen molar-refractivity contribution in [3.8, 4) is 5.75 Å². The molecule has 0 fully saturated rings. The highest BCUT2D eigenvalue weighted by Gasteiger charge is 2.09. The molecule has 1 aromatic heterocycles. The highest BCUT2D eigenvalue weighted by Crippen LogP contribution is 2.25. The first-order chi connectivity index (χ1) is 8.60. The first kappa shape index (κ1) is 12.6. The number of aromatic amines is 1. The van der Waals surface area contributed by atoms with Crippen molar-refractivity contribution in [1.82, 2.24) is 10.2 Å². The molecule has 0 amide bonds. The van der Waals surface area contributed by atoms with E-state index in [2.05, 4.69) is 15.5 Å². The Morgan fingerprint density at radius 2 is 2.44 bits per heavy atom. The van der Waals surface area contributed by atoms with E-state index in [0.717, 1.165) is 10.9 Å². The van der Waals surface area contributed by atoms with Gasteiger partial charge in [0.2, 0.25) is 0 Å². The number of nitrogens with one attached hydrogen (secondary N) is 2. The van der Waals surface area contributed by atoms with Crippen LogP contribution in [0.25, 0.3) is 10.9 Å². The van der Waals surface area contributed by atoms with Gasteiger partial charge in [-0.1, -0.05) is 0 Å². The molecular weight excluding hydrogens is 252 g/mol. The summed E-state index contributed by atoms with van der Waals surface area (Å²) in [5, 5.41) is 19.6. The average Bonchev–Trinajstić information content (AvgIpc) is 2.71. The number of rotatable bonds is 4. The SMILES string of the molecule is CC(CO)Oc1ccc2[nH]nc(NC(N)=S)c2c1. The molecule has 0 bridgehead atoms. The minimum Gasteiger partial charge on any atom is -0.488 e. The zero-order valence-corrected chi connectivity index (χ0v) is 10.6. The molecule has 7 heteroatoms. The van der Waals surface area contributed by atoms with E-state index in [9.17, 15) is 0 Å². The lowest BCUT2D eigenvalue weighted by Gasteiger charge is -2.11. The van der Waals surface area contributed by atoms with Gasteiger partial charge in [0.25, 0.3) is 0 Å².